The first-order valence-corrected chi connectivity index (χ1v) is 3.18. The summed E-state index contributed by atoms with van der Waals surface area (Å²) in [6, 6.07) is 0. The second kappa shape index (κ2) is 7.78. The number of ether oxygens (including phenoxy) is 1. The molecule has 11 heavy (non-hydrogen) atoms. The number of carbonyl (C=O) groups is 1. The molecule has 0 fully saturated rings. The molecule has 0 saturated heterocycles. The van der Waals surface area contributed by atoms with Gasteiger partial charge in [-0.15, -0.1) is 12.4 Å². The van der Waals surface area contributed by atoms with Crippen molar-refractivity contribution in [1.29, 1.82) is 0 Å². The summed E-state index contributed by atoms with van der Waals surface area (Å²) in [5.41, 5.74) is 5.18. The van der Waals surface area contributed by atoms with E-state index >= 15 is 0 Å². The molecule has 3 N–H and O–H groups in total. The Bertz CT molecular complexity index is 110. The first-order valence-electron chi connectivity index (χ1n) is 3.18. The minimum Gasteiger partial charge on any atom is -0.479 e. The molecule has 0 aliphatic heterocycles. The van der Waals surface area contributed by atoms with Crippen LogP contribution in [0.3, 0.4) is 0 Å². The zero-order chi connectivity index (χ0) is 7.98. The lowest BCUT2D eigenvalue weighted by Gasteiger charge is -2.07. The molecular weight excluding hydrogens is 170 g/mol. The summed E-state index contributed by atoms with van der Waals surface area (Å²) in [6.45, 7) is 0.507. The minimum absolute atomic E-state index is 0. The standard InChI is InChI=1S/C6H13NO3.ClH/c1-10-5(6(8)9)3-2-4-7;/h5H,2-4,7H2,1H3,(H,8,9);1H. The van der Waals surface area contributed by atoms with Crippen LogP contribution in [0.25, 0.3) is 0 Å². The normalized spacial score (nSPS) is 11.8. The van der Waals surface area contributed by atoms with Gasteiger partial charge in [0.25, 0.3) is 0 Å². The van der Waals surface area contributed by atoms with E-state index in [2.05, 4.69) is 4.74 Å². The Kier molecular flexibility index (Phi) is 9.40. The molecule has 0 rings (SSSR count). The van der Waals surface area contributed by atoms with Gasteiger partial charge in [0.15, 0.2) is 6.10 Å². The van der Waals surface area contributed by atoms with E-state index in [1.165, 1.54) is 7.11 Å². The molecule has 0 spiro atoms. The van der Waals surface area contributed by atoms with Crippen LogP contribution in [0.4, 0.5) is 0 Å². The topological polar surface area (TPSA) is 72.5 Å². The van der Waals surface area contributed by atoms with E-state index in [1.54, 1.807) is 0 Å². The van der Waals surface area contributed by atoms with Crippen LogP contribution in [0, 0.1) is 0 Å². The van der Waals surface area contributed by atoms with Crippen molar-refractivity contribution in [3.63, 3.8) is 0 Å². The SMILES string of the molecule is COC(CCCN)C(=O)O.Cl. The molecule has 0 aliphatic carbocycles. The van der Waals surface area contributed by atoms with E-state index in [-0.39, 0.29) is 12.4 Å². The van der Waals surface area contributed by atoms with E-state index < -0.39 is 12.1 Å². The maximum Gasteiger partial charge on any atom is 0.332 e. The number of hydrogen-bond acceptors (Lipinski definition) is 3. The Balaban J connectivity index is 0. The number of rotatable bonds is 5. The molecule has 0 aliphatic rings. The van der Waals surface area contributed by atoms with Gasteiger partial charge in [-0.25, -0.2) is 4.79 Å². The van der Waals surface area contributed by atoms with Crippen LogP contribution in [-0.4, -0.2) is 30.8 Å². The first-order chi connectivity index (χ1) is 4.72. The Labute approximate surface area is 72.1 Å². The molecule has 0 aromatic carbocycles. The van der Waals surface area contributed by atoms with Gasteiger partial charge in [0.1, 0.15) is 0 Å². The van der Waals surface area contributed by atoms with E-state index in [0.29, 0.717) is 19.4 Å². The Morgan fingerprint density at radius 2 is 2.27 bits per heavy atom. The lowest BCUT2D eigenvalue weighted by Crippen LogP contribution is -2.23. The van der Waals surface area contributed by atoms with Gasteiger partial charge in [0.05, 0.1) is 0 Å². The number of halogens is 1. The predicted octanol–water partition coefficient (Wildman–Crippen LogP) is 0.247. The van der Waals surface area contributed by atoms with Crippen LogP contribution in [0.15, 0.2) is 0 Å². The zero-order valence-corrected chi connectivity index (χ0v) is 7.26. The van der Waals surface area contributed by atoms with Crippen LogP contribution in [-0.2, 0) is 9.53 Å². The lowest BCUT2D eigenvalue weighted by atomic mass is 10.2. The second-order valence-corrected chi connectivity index (χ2v) is 1.99. The average molecular weight is 184 g/mol. The highest BCUT2D eigenvalue weighted by Gasteiger charge is 2.14. The summed E-state index contributed by atoms with van der Waals surface area (Å²) in [7, 11) is 1.38. The fraction of sp³-hybridized carbons (Fsp3) is 0.833. The van der Waals surface area contributed by atoms with Crippen molar-refractivity contribution < 1.29 is 14.6 Å². The molecule has 0 amide bonds. The molecule has 1 unspecified atom stereocenters. The molecule has 4 nitrogen and oxygen atoms in total. The number of hydrogen-bond donors (Lipinski definition) is 2. The third-order valence-corrected chi connectivity index (χ3v) is 1.23. The summed E-state index contributed by atoms with van der Waals surface area (Å²) in [4.78, 5) is 10.3. The fourth-order valence-electron chi connectivity index (χ4n) is 0.645. The van der Waals surface area contributed by atoms with Crippen molar-refractivity contribution >= 4 is 18.4 Å². The van der Waals surface area contributed by atoms with Crippen LogP contribution in [0.2, 0.25) is 0 Å². The number of methoxy groups -OCH3 is 1. The molecule has 0 saturated carbocycles. The second-order valence-electron chi connectivity index (χ2n) is 1.99. The summed E-state index contributed by atoms with van der Waals surface area (Å²) in [5, 5.41) is 8.43. The average Bonchev–Trinajstić information content (AvgIpc) is 1.89. The Morgan fingerprint density at radius 1 is 1.73 bits per heavy atom. The number of nitrogens with two attached hydrogens (primary N) is 1. The quantitative estimate of drug-likeness (QED) is 0.641. The first kappa shape index (κ1) is 13.3. The summed E-state index contributed by atoms with van der Waals surface area (Å²) < 4.78 is 4.66. The van der Waals surface area contributed by atoms with Crippen LogP contribution >= 0.6 is 12.4 Å². The Hall–Kier alpha value is -0.320. The molecule has 68 valence electrons. The van der Waals surface area contributed by atoms with Gasteiger partial charge in [0.2, 0.25) is 0 Å². The van der Waals surface area contributed by atoms with Crippen molar-refractivity contribution in [3.05, 3.63) is 0 Å². The van der Waals surface area contributed by atoms with Crippen LogP contribution < -0.4 is 5.73 Å². The molecule has 1 atom stereocenters. The molecule has 5 heteroatoms. The van der Waals surface area contributed by atoms with Gasteiger partial charge in [-0.2, -0.15) is 0 Å². The van der Waals surface area contributed by atoms with Crippen molar-refractivity contribution in [2.75, 3.05) is 13.7 Å². The molecule has 0 heterocycles. The Morgan fingerprint density at radius 3 is 2.55 bits per heavy atom. The monoisotopic (exact) mass is 183 g/mol. The maximum absolute atomic E-state index is 10.3. The number of aliphatic carboxylic acids is 1. The highest BCUT2D eigenvalue weighted by atomic mass is 35.5. The number of carboxylic acid groups (broad SMARTS) is 1. The maximum atomic E-state index is 10.3. The highest BCUT2D eigenvalue weighted by molar-refractivity contribution is 5.85. The summed E-state index contributed by atoms with van der Waals surface area (Å²) >= 11 is 0. The van der Waals surface area contributed by atoms with Crippen molar-refractivity contribution in [2.24, 2.45) is 5.73 Å². The summed E-state index contributed by atoms with van der Waals surface area (Å²) in [6.07, 6.45) is 0.483. The van der Waals surface area contributed by atoms with Crippen molar-refractivity contribution in [3.8, 4) is 0 Å². The number of carboxylic acids is 1. The minimum atomic E-state index is -0.920. The fourth-order valence-corrected chi connectivity index (χ4v) is 0.645. The largest absolute Gasteiger partial charge is 0.479 e. The van der Waals surface area contributed by atoms with Crippen molar-refractivity contribution in [1.82, 2.24) is 0 Å². The zero-order valence-electron chi connectivity index (χ0n) is 6.45. The highest BCUT2D eigenvalue weighted by Crippen LogP contribution is 1.99. The smallest absolute Gasteiger partial charge is 0.332 e. The van der Waals surface area contributed by atoms with Gasteiger partial charge >= 0.3 is 5.97 Å². The van der Waals surface area contributed by atoms with E-state index in [4.69, 9.17) is 10.8 Å². The predicted molar refractivity (Wildman–Crippen MR) is 44.0 cm³/mol. The van der Waals surface area contributed by atoms with Gasteiger partial charge < -0.3 is 15.6 Å². The van der Waals surface area contributed by atoms with E-state index in [1.807, 2.05) is 0 Å². The van der Waals surface area contributed by atoms with Crippen LogP contribution in [0.1, 0.15) is 12.8 Å². The van der Waals surface area contributed by atoms with E-state index in [0.717, 1.165) is 0 Å². The van der Waals surface area contributed by atoms with Gasteiger partial charge in [0, 0.05) is 7.11 Å². The van der Waals surface area contributed by atoms with Gasteiger partial charge in [-0.05, 0) is 19.4 Å². The van der Waals surface area contributed by atoms with Gasteiger partial charge in [-0.3, -0.25) is 0 Å². The van der Waals surface area contributed by atoms with Crippen molar-refractivity contribution in [2.45, 2.75) is 18.9 Å². The summed E-state index contributed by atoms with van der Waals surface area (Å²) in [5.74, 6) is -0.920. The lowest BCUT2D eigenvalue weighted by molar-refractivity contribution is -0.148. The molecule has 0 bridgehead atoms. The molecular formula is C6H14ClNO3. The third kappa shape index (κ3) is 6.09. The third-order valence-electron chi connectivity index (χ3n) is 1.23. The molecule has 0 radical (unpaired) electrons. The van der Waals surface area contributed by atoms with Crippen LogP contribution in [0.5, 0.6) is 0 Å². The molecule has 0 aromatic rings. The van der Waals surface area contributed by atoms with Gasteiger partial charge in [-0.1, -0.05) is 0 Å². The van der Waals surface area contributed by atoms with E-state index in [9.17, 15) is 4.79 Å². The molecule has 0 aromatic heterocycles.